The van der Waals surface area contributed by atoms with Crippen LogP contribution in [0.4, 0.5) is 0 Å². The van der Waals surface area contributed by atoms with Gasteiger partial charge in [-0.05, 0) is 0 Å². The summed E-state index contributed by atoms with van der Waals surface area (Å²) in [5.41, 5.74) is 0.694. The molecule has 0 spiro atoms. The van der Waals surface area contributed by atoms with E-state index in [0.717, 1.165) is 4.90 Å². The predicted octanol–water partition coefficient (Wildman–Crippen LogP) is 1.66. The number of nitrogens with zero attached hydrogens (tertiary/aromatic N) is 1. The molecule has 0 atom stereocenters. The van der Waals surface area contributed by atoms with E-state index in [1.165, 1.54) is 0 Å². The molecule has 2 rings (SSSR count). The molecule has 0 aliphatic carbocycles. The van der Waals surface area contributed by atoms with Crippen molar-refractivity contribution in [1.29, 1.82) is 0 Å². The molecule has 0 radical (unpaired) electrons. The molecule has 0 saturated carbocycles. The van der Waals surface area contributed by atoms with Gasteiger partial charge in [-0.2, -0.15) is 0 Å². The SMILES string of the molecule is [CH3][Sn]([CH3])([CH3])[O]C(=O)CN1C(=O)c2ccccc2C1=O. The molecular formula is C13H15NO4Sn. The number of carbonyl (C=O) groups excluding carboxylic acids is 3. The molecule has 5 nitrogen and oxygen atoms in total. The van der Waals surface area contributed by atoms with Crippen LogP contribution < -0.4 is 0 Å². The molecule has 0 aromatic heterocycles. The Labute approximate surface area is 116 Å². The molecule has 1 aliphatic rings. The monoisotopic (exact) mass is 369 g/mol. The Bertz CT molecular complexity index is 527. The van der Waals surface area contributed by atoms with Crippen LogP contribution in [-0.2, 0) is 7.87 Å². The maximum absolute atomic E-state index is 12.0. The van der Waals surface area contributed by atoms with Crippen LogP contribution in [0.2, 0.25) is 14.8 Å². The second-order valence-corrected chi connectivity index (χ2v) is 18.0. The van der Waals surface area contributed by atoms with Crippen molar-refractivity contribution in [2.24, 2.45) is 0 Å². The maximum atomic E-state index is 12.0. The molecule has 0 saturated heterocycles. The molecule has 0 unspecified atom stereocenters. The van der Waals surface area contributed by atoms with Crippen LogP contribution in [0.1, 0.15) is 20.7 Å². The molecule has 0 bridgehead atoms. The minimum atomic E-state index is -2.72. The van der Waals surface area contributed by atoms with E-state index in [-0.39, 0.29) is 6.54 Å². The molecule has 100 valence electrons. The average Bonchev–Trinajstić information content (AvgIpc) is 2.53. The second kappa shape index (κ2) is 4.96. The number of amides is 2. The molecule has 1 aromatic carbocycles. The van der Waals surface area contributed by atoms with E-state index >= 15 is 0 Å². The van der Waals surface area contributed by atoms with Gasteiger partial charge >= 0.3 is 116 Å². The van der Waals surface area contributed by atoms with Crippen molar-refractivity contribution in [3.63, 3.8) is 0 Å². The first-order chi connectivity index (χ1) is 8.79. The molecule has 6 heteroatoms. The number of fused-ring (bicyclic) bond motifs is 1. The van der Waals surface area contributed by atoms with Crippen molar-refractivity contribution in [1.82, 2.24) is 4.90 Å². The van der Waals surface area contributed by atoms with Crippen molar-refractivity contribution in [2.75, 3.05) is 6.54 Å². The summed E-state index contributed by atoms with van der Waals surface area (Å²) in [6, 6.07) is 6.56. The normalized spacial score (nSPS) is 14.6. The number of hydrogen-bond donors (Lipinski definition) is 0. The Hall–Kier alpha value is -1.37. The van der Waals surface area contributed by atoms with Crippen molar-refractivity contribution in [2.45, 2.75) is 14.8 Å². The second-order valence-electron chi connectivity index (χ2n) is 5.33. The van der Waals surface area contributed by atoms with E-state index in [1.807, 2.05) is 14.8 Å². The van der Waals surface area contributed by atoms with Crippen LogP contribution in [0.15, 0.2) is 24.3 Å². The first-order valence-electron chi connectivity index (χ1n) is 5.96. The Balaban J connectivity index is 2.15. The zero-order chi connectivity index (χ0) is 14.2. The van der Waals surface area contributed by atoms with E-state index in [9.17, 15) is 14.4 Å². The van der Waals surface area contributed by atoms with Crippen LogP contribution in [0.5, 0.6) is 0 Å². The van der Waals surface area contributed by atoms with Crippen molar-refractivity contribution >= 4 is 36.6 Å². The molecular weight excluding hydrogens is 353 g/mol. The van der Waals surface area contributed by atoms with Crippen LogP contribution in [0.3, 0.4) is 0 Å². The van der Waals surface area contributed by atoms with Gasteiger partial charge in [0.05, 0.1) is 0 Å². The van der Waals surface area contributed by atoms with Gasteiger partial charge in [-0.3, -0.25) is 0 Å². The van der Waals surface area contributed by atoms with E-state index in [2.05, 4.69) is 0 Å². The Morgan fingerprint density at radius 2 is 1.58 bits per heavy atom. The number of benzene rings is 1. The van der Waals surface area contributed by atoms with Gasteiger partial charge in [0.2, 0.25) is 0 Å². The predicted molar refractivity (Wildman–Crippen MR) is 71.2 cm³/mol. The summed E-state index contributed by atoms with van der Waals surface area (Å²) in [5.74, 6) is -1.36. The van der Waals surface area contributed by atoms with Gasteiger partial charge < -0.3 is 0 Å². The molecule has 0 fully saturated rings. The quantitative estimate of drug-likeness (QED) is 0.602. The van der Waals surface area contributed by atoms with Gasteiger partial charge in [-0.25, -0.2) is 0 Å². The number of hydrogen-bond acceptors (Lipinski definition) is 4. The summed E-state index contributed by atoms with van der Waals surface area (Å²) in [5, 5.41) is 0. The molecule has 2 amide bonds. The third kappa shape index (κ3) is 2.97. The molecule has 1 aromatic rings. The van der Waals surface area contributed by atoms with Gasteiger partial charge in [0.1, 0.15) is 0 Å². The number of imide groups is 1. The third-order valence-electron chi connectivity index (χ3n) is 2.59. The average molecular weight is 368 g/mol. The van der Waals surface area contributed by atoms with Crippen molar-refractivity contribution in [3.05, 3.63) is 35.4 Å². The Morgan fingerprint density at radius 3 is 2.00 bits per heavy atom. The molecule has 1 aliphatic heterocycles. The fourth-order valence-corrected chi connectivity index (χ4v) is 4.02. The summed E-state index contributed by atoms with van der Waals surface area (Å²) >= 11 is -2.72. The molecule has 19 heavy (non-hydrogen) atoms. The topological polar surface area (TPSA) is 63.7 Å². The fraction of sp³-hybridized carbons (Fsp3) is 0.308. The zero-order valence-electron chi connectivity index (χ0n) is 11.1. The van der Waals surface area contributed by atoms with Crippen molar-refractivity contribution in [3.8, 4) is 0 Å². The standard InChI is InChI=1S/C10H7NO4.3CH3.Sn/c12-8(13)5-11-9(14)6-3-1-2-4-7(6)10(11)15;;;;/h1-4H,5H2,(H,12,13);3*1H3;/q;;;;+1/p-1. The van der Waals surface area contributed by atoms with Gasteiger partial charge in [0, 0.05) is 0 Å². The van der Waals surface area contributed by atoms with E-state index in [1.54, 1.807) is 24.3 Å². The first-order valence-corrected chi connectivity index (χ1v) is 15.7. The summed E-state index contributed by atoms with van der Waals surface area (Å²) in [6.45, 7) is -0.305. The van der Waals surface area contributed by atoms with Crippen molar-refractivity contribution < 1.29 is 17.5 Å². The molecule has 0 N–H and O–H groups in total. The van der Waals surface area contributed by atoms with Crippen LogP contribution >= 0.6 is 0 Å². The zero-order valence-corrected chi connectivity index (χ0v) is 14.0. The summed E-state index contributed by atoms with van der Waals surface area (Å²) in [7, 11) is 0. The summed E-state index contributed by atoms with van der Waals surface area (Å²) in [6.07, 6.45) is 0. The Morgan fingerprint density at radius 1 is 1.11 bits per heavy atom. The van der Waals surface area contributed by atoms with Crippen LogP contribution in [0, 0.1) is 0 Å². The minimum absolute atomic E-state index is 0.305. The van der Waals surface area contributed by atoms with Crippen LogP contribution in [0.25, 0.3) is 0 Å². The third-order valence-corrected chi connectivity index (χ3v) is 4.98. The summed E-state index contributed by atoms with van der Waals surface area (Å²) in [4.78, 5) is 42.6. The number of carbonyl (C=O) groups is 3. The first kappa shape index (κ1) is 14.0. The van der Waals surface area contributed by atoms with Gasteiger partial charge in [-0.1, -0.05) is 0 Å². The fourth-order valence-electron chi connectivity index (χ4n) is 1.89. The van der Waals surface area contributed by atoms with E-state index in [0.29, 0.717) is 11.1 Å². The Kier molecular flexibility index (Phi) is 3.66. The van der Waals surface area contributed by atoms with Gasteiger partial charge in [0.25, 0.3) is 0 Å². The van der Waals surface area contributed by atoms with Gasteiger partial charge in [-0.15, -0.1) is 0 Å². The van der Waals surface area contributed by atoms with E-state index < -0.39 is 36.6 Å². The van der Waals surface area contributed by atoms with Gasteiger partial charge in [0.15, 0.2) is 0 Å². The van der Waals surface area contributed by atoms with E-state index in [4.69, 9.17) is 3.07 Å². The summed E-state index contributed by atoms with van der Waals surface area (Å²) < 4.78 is 5.32. The number of rotatable bonds is 3. The van der Waals surface area contributed by atoms with Crippen LogP contribution in [-0.4, -0.2) is 48.0 Å². The molecule has 1 heterocycles.